The molecule has 3 aromatic carbocycles. The quantitative estimate of drug-likeness (QED) is 0.533. The summed E-state index contributed by atoms with van der Waals surface area (Å²) < 4.78 is 2.33. The Hall–Kier alpha value is -4.26. The molecule has 0 radical (unpaired) electrons. The Kier molecular flexibility index (Phi) is 4.86. The number of hydrogen-bond acceptors (Lipinski definition) is 4. The van der Waals surface area contributed by atoms with E-state index in [1.165, 1.54) is 4.57 Å². The summed E-state index contributed by atoms with van der Waals surface area (Å²) in [6.07, 6.45) is 0. The van der Waals surface area contributed by atoms with Crippen LogP contribution in [0.5, 0.6) is 5.88 Å². The van der Waals surface area contributed by atoms with Crippen molar-refractivity contribution >= 4 is 11.7 Å². The summed E-state index contributed by atoms with van der Waals surface area (Å²) in [6, 6.07) is 25.8. The van der Waals surface area contributed by atoms with Gasteiger partial charge in [0.1, 0.15) is 0 Å². The van der Waals surface area contributed by atoms with Crippen molar-refractivity contribution in [3.05, 3.63) is 107 Å². The molecule has 0 aliphatic carbocycles. The van der Waals surface area contributed by atoms with Gasteiger partial charge in [-0.1, -0.05) is 54.6 Å². The molecule has 7 heteroatoms. The number of carbonyl (C=O) groups excluding carboxylic acids is 1. The Balaban J connectivity index is 1.87. The fourth-order valence-electron chi connectivity index (χ4n) is 2.92. The van der Waals surface area contributed by atoms with Gasteiger partial charge >= 0.3 is 5.69 Å². The van der Waals surface area contributed by atoms with Crippen molar-refractivity contribution in [2.75, 3.05) is 0 Å². The maximum atomic E-state index is 13.1. The number of hydrogen-bond donors (Lipinski definition) is 1. The molecule has 4 rings (SSSR count). The molecule has 0 unspecified atom stereocenters. The lowest BCUT2D eigenvalue weighted by Crippen LogP contribution is -2.21. The summed E-state index contributed by atoms with van der Waals surface area (Å²) in [5, 5.41) is 18.4. The minimum absolute atomic E-state index is 0.130. The van der Waals surface area contributed by atoms with E-state index < -0.39 is 17.5 Å². The molecule has 0 aliphatic rings. The highest BCUT2D eigenvalue weighted by atomic mass is 16.3. The highest BCUT2D eigenvalue weighted by molar-refractivity contribution is 5.94. The van der Waals surface area contributed by atoms with Gasteiger partial charge in [-0.2, -0.15) is 0 Å². The van der Waals surface area contributed by atoms with Crippen molar-refractivity contribution in [3.63, 3.8) is 0 Å². The Bertz CT molecular complexity index is 1230. The first kappa shape index (κ1) is 18.1. The first-order valence-corrected chi connectivity index (χ1v) is 8.85. The smallest absolute Gasteiger partial charge is 0.342 e. The summed E-state index contributed by atoms with van der Waals surface area (Å²) in [5.41, 5.74) is 0.784. The van der Waals surface area contributed by atoms with Crippen LogP contribution in [-0.2, 0) is 0 Å². The average Bonchev–Trinajstić information content (AvgIpc) is 3.03. The van der Waals surface area contributed by atoms with Crippen LogP contribution in [0.2, 0.25) is 0 Å². The fraction of sp³-hybridized carbons (Fsp3) is 0. The molecule has 1 amide bonds. The van der Waals surface area contributed by atoms with Gasteiger partial charge in [0.15, 0.2) is 0 Å². The Morgan fingerprint density at radius 1 is 0.724 bits per heavy atom. The zero-order valence-electron chi connectivity index (χ0n) is 15.2. The van der Waals surface area contributed by atoms with E-state index in [2.05, 4.69) is 10.2 Å². The number of nitrogens with zero attached hydrogens (tertiary/aromatic N) is 4. The molecule has 0 spiro atoms. The van der Waals surface area contributed by atoms with E-state index in [4.69, 9.17) is 0 Å². The van der Waals surface area contributed by atoms with Crippen LogP contribution in [0.3, 0.4) is 0 Å². The van der Waals surface area contributed by atoms with E-state index in [9.17, 15) is 14.7 Å². The molecule has 0 aliphatic heterocycles. The molecule has 0 atom stereocenters. The van der Waals surface area contributed by atoms with Crippen LogP contribution in [0.4, 0.5) is 5.82 Å². The number of carbonyl (C=O) groups is 1. The molecule has 1 heterocycles. The second-order valence-electron chi connectivity index (χ2n) is 6.14. The third-order valence-corrected chi connectivity index (χ3v) is 4.29. The summed E-state index contributed by atoms with van der Waals surface area (Å²) in [4.78, 5) is 25.4. The topological polar surface area (TPSA) is 88.9 Å². The lowest BCUT2D eigenvalue weighted by atomic mass is 10.2. The van der Waals surface area contributed by atoms with E-state index in [0.717, 1.165) is 4.57 Å². The molecule has 142 valence electrons. The number of amides is 1. The van der Waals surface area contributed by atoms with Crippen molar-refractivity contribution in [2.45, 2.75) is 0 Å². The number of aromatic nitrogens is 2. The van der Waals surface area contributed by atoms with Gasteiger partial charge < -0.3 is 5.11 Å². The Labute approximate surface area is 165 Å². The predicted octanol–water partition coefficient (Wildman–Crippen LogP) is 4.26. The second-order valence-corrected chi connectivity index (χ2v) is 6.14. The van der Waals surface area contributed by atoms with Gasteiger partial charge in [-0.05, 0) is 36.4 Å². The number of benzene rings is 3. The molecule has 0 saturated heterocycles. The zero-order chi connectivity index (χ0) is 20.2. The van der Waals surface area contributed by atoms with Crippen molar-refractivity contribution in [1.82, 2.24) is 9.13 Å². The first-order valence-electron chi connectivity index (χ1n) is 8.85. The van der Waals surface area contributed by atoms with Crippen LogP contribution in [0.15, 0.2) is 106 Å². The summed E-state index contributed by atoms with van der Waals surface area (Å²) in [7, 11) is 0. The third-order valence-electron chi connectivity index (χ3n) is 4.29. The molecule has 4 aromatic rings. The van der Waals surface area contributed by atoms with E-state index in [0.29, 0.717) is 16.9 Å². The van der Waals surface area contributed by atoms with Crippen LogP contribution in [0.25, 0.3) is 11.4 Å². The normalized spacial score (nSPS) is 11.0. The molecule has 1 aromatic heterocycles. The number of imidazole rings is 1. The molecular formula is C22H16N4O3. The van der Waals surface area contributed by atoms with Crippen molar-refractivity contribution in [3.8, 4) is 17.3 Å². The van der Waals surface area contributed by atoms with Gasteiger partial charge in [0.2, 0.25) is 11.7 Å². The number of para-hydroxylation sites is 2. The highest BCUT2D eigenvalue weighted by Crippen LogP contribution is 2.31. The summed E-state index contributed by atoms with van der Waals surface area (Å²) in [5.74, 6) is -1.12. The molecule has 1 N–H and O–H groups in total. The van der Waals surface area contributed by atoms with Crippen molar-refractivity contribution < 1.29 is 9.90 Å². The van der Waals surface area contributed by atoms with Crippen molar-refractivity contribution in [2.24, 2.45) is 10.2 Å². The monoisotopic (exact) mass is 384 g/mol. The van der Waals surface area contributed by atoms with Gasteiger partial charge in [-0.25, -0.2) is 13.9 Å². The Morgan fingerprint density at radius 3 is 1.76 bits per heavy atom. The lowest BCUT2D eigenvalue weighted by molar-refractivity contribution is 0.0995. The van der Waals surface area contributed by atoms with E-state index in [1.54, 1.807) is 84.9 Å². The molecule has 0 bridgehead atoms. The van der Waals surface area contributed by atoms with E-state index in [-0.39, 0.29) is 5.82 Å². The lowest BCUT2D eigenvalue weighted by Gasteiger charge is -2.02. The molecule has 7 nitrogen and oxygen atoms in total. The van der Waals surface area contributed by atoms with Crippen LogP contribution in [0, 0.1) is 0 Å². The van der Waals surface area contributed by atoms with Crippen LogP contribution >= 0.6 is 0 Å². The molecule has 29 heavy (non-hydrogen) atoms. The average molecular weight is 384 g/mol. The summed E-state index contributed by atoms with van der Waals surface area (Å²) >= 11 is 0. The molecule has 0 saturated carbocycles. The van der Waals surface area contributed by atoms with Crippen LogP contribution in [-0.4, -0.2) is 20.1 Å². The maximum Gasteiger partial charge on any atom is 0.342 e. The fourth-order valence-corrected chi connectivity index (χ4v) is 2.92. The van der Waals surface area contributed by atoms with Gasteiger partial charge in [-0.15, -0.1) is 10.2 Å². The first-order chi connectivity index (χ1) is 14.2. The van der Waals surface area contributed by atoms with Crippen molar-refractivity contribution in [1.29, 1.82) is 0 Å². The van der Waals surface area contributed by atoms with Gasteiger partial charge in [0, 0.05) is 5.56 Å². The third kappa shape index (κ3) is 3.49. The number of azo groups is 1. The Morgan fingerprint density at radius 2 is 1.21 bits per heavy atom. The van der Waals surface area contributed by atoms with Gasteiger partial charge in [0.05, 0.1) is 11.4 Å². The van der Waals surface area contributed by atoms with Gasteiger partial charge in [-0.3, -0.25) is 4.79 Å². The molecular weight excluding hydrogens is 368 g/mol. The highest BCUT2D eigenvalue weighted by Gasteiger charge is 2.22. The number of aromatic hydroxyl groups is 1. The maximum absolute atomic E-state index is 13.1. The largest absolute Gasteiger partial charge is 0.491 e. The zero-order valence-corrected chi connectivity index (χ0v) is 15.2. The predicted molar refractivity (Wildman–Crippen MR) is 108 cm³/mol. The minimum atomic E-state index is -0.579. The SMILES string of the molecule is O=C(N=Nc1c(O)n(-c2ccccc2)c(=O)n1-c1ccccc1)c1ccccc1. The number of rotatable bonds is 4. The summed E-state index contributed by atoms with van der Waals surface area (Å²) in [6.45, 7) is 0. The van der Waals surface area contributed by atoms with Crippen LogP contribution in [0.1, 0.15) is 10.4 Å². The van der Waals surface area contributed by atoms with Crippen LogP contribution < -0.4 is 5.69 Å². The standard InChI is InChI=1S/C22H16N4O3/c27-20(16-10-4-1-5-11-16)24-23-19-21(28)26(18-14-8-3-9-15-18)22(29)25(19)17-12-6-2-7-13-17/h1-15,28H. The van der Waals surface area contributed by atoms with Gasteiger partial charge in [0.25, 0.3) is 5.91 Å². The minimum Gasteiger partial charge on any atom is -0.491 e. The van der Waals surface area contributed by atoms with E-state index >= 15 is 0 Å². The van der Waals surface area contributed by atoms with E-state index in [1.807, 2.05) is 6.07 Å². The molecule has 0 fully saturated rings. The second kappa shape index (κ2) is 7.77.